The van der Waals surface area contributed by atoms with Crippen molar-refractivity contribution >= 4 is 11.6 Å². The van der Waals surface area contributed by atoms with Gasteiger partial charge in [-0.15, -0.1) is 0 Å². The zero-order valence-corrected chi connectivity index (χ0v) is 24.9. The molecule has 1 atom stereocenters. The van der Waals surface area contributed by atoms with Crippen LogP contribution in [0.2, 0.25) is 0 Å². The molecule has 1 aromatic heterocycles. The van der Waals surface area contributed by atoms with Crippen molar-refractivity contribution in [3.05, 3.63) is 62.1 Å². The first-order valence-corrected chi connectivity index (χ1v) is 14.8. The monoisotopic (exact) mass is 536 g/mol. The normalized spacial score (nSPS) is 22.0. The molecule has 1 saturated heterocycles. The molecular formula is C32H48N4O3. The molecule has 2 fully saturated rings. The summed E-state index contributed by atoms with van der Waals surface area (Å²) in [7, 11) is 4.37. The van der Waals surface area contributed by atoms with Crippen LogP contribution in [0.25, 0.3) is 0 Å². The van der Waals surface area contributed by atoms with Gasteiger partial charge in [0.25, 0.3) is 11.5 Å². The Hall–Kier alpha value is -2.64. The van der Waals surface area contributed by atoms with Crippen molar-refractivity contribution < 1.29 is 9.53 Å². The van der Waals surface area contributed by atoms with Gasteiger partial charge in [-0.05, 0) is 128 Å². The Morgan fingerprint density at radius 2 is 1.72 bits per heavy atom. The largest absolute Gasteiger partial charge is 0.381 e. The number of aromatic nitrogens is 1. The molecule has 7 heteroatoms. The topological polar surface area (TPSA) is 77.7 Å². The van der Waals surface area contributed by atoms with Crippen LogP contribution in [0.5, 0.6) is 0 Å². The number of H-pyrrole nitrogens is 1. The molecule has 0 spiro atoms. The van der Waals surface area contributed by atoms with Crippen LogP contribution in [-0.2, 0) is 11.3 Å². The summed E-state index contributed by atoms with van der Waals surface area (Å²) in [4.78, 5) is 34.0. The van der Waals surface area contributed by atoms with E-state index < -0.39 is 0 Å². The first kappa shape index (κ1) is 29.3. The SMILES string of the molecule is CCN(c1cc(C2CCCOCC2)cc(C(=O)NCc2c(C)cc(C)[nH]c2=O)c1C)C1CCC(N(C)C)CC1. The van der Waals surface area contributed by atoms with Crippen LogP contribution in [0.3, 0.4) is 0 Å². The first-order chi connectivity index (χ1) is 18.7. The molecule has 1 aromatic carbocycles. The highest BCUT2D eigenvalue weighted by Gasteiger charge is 2.29. The van der Waals surface area contributed by atoms with Crippen LogP contribution >= 0.6 is 0 Å². The maximum atomic E-state index is 13.7. The van der Waals surface area contributed by atoms with E-state index in [1.54, 1.807) is 0 Å². The number of nitrogens with one attached hydrogen (secondary N) is 2. The zero-order valence-electron chi connectivity index (χ0n) is 24.9. The van der Waals surface area contributed by atoms with E-state index in [4.69, 9.17) is 4.74 Å². The number of benzene rings is 1. The average Bonchev–Trinajstić information content (AvgIpc) is 3.19. The lowest BCUT2D eigenvalue weighted by molar-refractivity contribution is 0.0950. The Balaban J connectivity index is 1.66. The van der Waals surface area contributed by atoms with Crippen LogP contribution in [0.1, 0.15) is 96.1 Å². The van der Waals surface area contributed by atoms with Gasteiger partial charge in [0.1, 0.15) is 0 Å². The van der Waals surface area contributed by atoms with Crippen molar-refractivity contribution in [1.82, 2.24) is 15.2 Å². The molecule has 4 rings (SSSR count). The predicted octanol–water partition coefficient (Wildman–Crippen LogP) is 5.21. The minimum atomic E-state index is -0.136. The van der Waals surface area contributed by atoms with Gasteiger partial charge in [0.05, 0.1) is 0 Å². The van der Waals surface area contributed by atoms with Crippen molar-refractivity contribution in [1.29, 1.82) is 0 Å². The molecule has 1 amide bonds. The number of amides is 1. The second-order valence-corrected chi connectivity index (χ2v) is 11.8. The summed E-state index contributed by atoms with van der Waals surface area (Å²) >= 11 is 0. The summed E-state index contributed by atoms with van der Waals surface area (Å²) in [5, 5.41) is 3.07. The molecular weight excluding hydrogens is 488 g/mol. The molecule has 7 nitrogen and oxygen atoms in total. The van der Waals surface area contributed by atoms with E-state index >= 15 is 0 Å². The van der Waals surface area contributed by atoms with Gasteiger partial charge >= 0.3 is 0 Å². The molecule has 2 N–H and O–H groups in total. The summed E-state index contributed by atoms with van der Waals surface area (Å²) in [6, 6.07) is 7.53. The van der Waals surface area contributed by atoms with E-state index in [0.717, 1.165) is 68.7 Å². The Kier molecular flexibility index (Phi) is 9.89. The van der Waals surface area contributed by atoms with Gasteiger partial charge in [0.2, 0.25) is 0 Å². The van der Waals surface area contributed by atoms with Crippen LogP contribution < -0.4 is 15.8 Å². The molecule has 0 bridgehead atoms. The molecule has 2 aromatic rings. The molecule has 214 valence electrons. The van der Waals surface area contributed by atoms with E-state index in [1.807, 2.05) is 19.9 Å². The molecule has 1 unspecified atom stereocenters. The maximum absolute atomic E-state index is 13.7. The summed E-state index contributed by atoms with van der Waals surface area (Å²) in [5.41, 5.74) is 6.35. The number of rotatable bonds is 8. The molecule has 2 aliphatic rings. The Morgan fingerprint density at radius 3 is 2.38 bits per heavy atom. The van der Waals surface area contributed by atoms with Crippen molar-refractivity contribution in [3.8, 4) is 0 Å². The van der Waals surface area contributed by atoms with Crippen molar-refractivity contribution in [2.45, 2.75) is 97.2 Å². The minimum absolute atomic E-state index is 0.118. The molecule has 1 saturated carbocycles. The minimum Gasteiger partial charge on any atom is -0.381 e. The van der Waals surface area contributed by atoms with E-state index in [2.05, 4.69) is 60.2 Å². The smallest absolute Gasteiger partial charge is 0.253 e. The van der Waals surface area contributed by atoms with Crippen LogP contribution in [0.4, 0.5) is 5.69 Å². The number of anilines is 1. The van der Waals surface area contributed by atoms with Crippen LogP contribution in [0.15, 0.2) is 23.0 Å². The van der Waals surface area contributed by atoms with Crippen LogP contribution in [0, 0.1) is 20.8 Å². The predicted molar refractivity (Wildman–Crippen MR) is 159 cm³/mol. The third kappa shape index (κ3) is 6.93. The van der Waals surface area contributed by atoms with E-state index in [-0.39, 0.29) is 18.0 Å². The first-order valence-electron chi connectivity index (χ1n) is 14.8. The Morgan fingerprint density at radius 1 is 1.00 bits per heavy atom. The molecule has 1 aliphatic carbocycles. The highest BCUT2D eigenvalue weighted by molar-refractivity contribution is 5.97. The van der Waals surface area contributed by atoms with E-state index in [0.29, 0.717) is 29.1 Å². The van der Waals surface area contributed by atoms with Crippen molar-refractivity contribution in [3.63, 3.8) is 0 Å². The third-order valence-corrected chi connectivity index (χ3v) is 8.98. The fourth-order valence-corrected chi connectivity index (χ4v) is 6.60. The third-order valence-electron chi connectivity index (χ3n) is 8.98. The van der Waals surface area contributed by atoms with Gasteiger partial charge in [-0.3, -0.25) is 9.59 Å². The molecule has 1 aliphatic heterocycles. The van der Waals surface area contributed by atoms with Crippen LogP contribution in [-0.4, -0.2) is 61.7 Å². The highest BCUT2D eigenvalue weighted by atomic mass is 16.5. The molecule has 0 radical (unpaired) electrons. The fourth-order valence-electron chi connectivity index (χ4n) is 6.60. The fraction of sp³-hybridized carbons (Fsp3) is 0.625. The standard InChI is InChI=1S/C32H48N4O3/c1-7-36(27-12-10-26(11-13-27)35(5)6)30-19-25(24-9-8-15-39-16-14-24)18-28(23(30)4)31(37)33-20-29-21(2)17-22(3)34-32(29)38/h17-19,24,26-27H,7-16,20H2,1-6H3,(H,33,37)(H,34,38). The van der Waals surface area contributed by atoms with Gasteiger partial charge in [0, 0.05) is 60.9 Å². The maximum Gasteiger partial charge on any atom is 0.253 e. The highest BCUT2D eigenvalue weighted by Crippen LogP contribution is 2.37. The number of ether oxygens (including phenoxy) is 1. The second kappa shape index (κ2) is 13.1. The van der Waals surface area contributed by atoms with E-state index in [9.17, 15) is 9.59 Å². The summed E-state index contributed by atoms with van der Waals surface area (Å²) in [5.74, 6) is 0.260. The second-order valence-electron chi connectivity index (χ2n) is 11.8. The summed E-state index contributed by atoms with van der Waals surface area (Å²) in [6.07, 6.45) is 7.80. The molecule has 2 heterocycles. The number of aryl methyl sites for hydroxylation is 2. The summed E-state index contributed by atoms with van der Waals surface area (Å²) < 4.78 is 5.76. The number of hydrogen-bond acceptors (Lipinski definition) is 5. The van der Waals surface area contributed by atoms with Gasteiger partial charge in [-0.25, -0.2) is 0 Å². The number of pyridine rings is 1. The summed E-state index contributed by atoms with van der Waals surface area (Å²) in [6.45, 7) is 10.8. The lowest BCUT2D eigenvalue weighted by Gasteiger charge is -2.40. The lowest BCUT2D eigenvalue weighted by atomic mass is 9.86. The van der Waals surface area contributed by atoms with Gasteiger partial charge in [-0.1, -0.05) is 0 Å². The number of aromatic amines is 1. The van der Waals surface area contributed by atoms with Gasteiger partial charge in [0.15, 0.2) is 0 Å². The average molecular weight is 537 g/mol. The van der Waals surface area contributed by atoms with Crippen molar-refractivity contribution in [2.24, 2.45) is 0 Å². The van der Waals surface area contributed by atoms with Crippen molar-refractivity contribution in [2.75, 3.05) is 38.8 Å². The molecule has 39 heavy (non-hydrogen) atoms. The number of hydrogen-bond donors (Lipinski definition) is 2. The lowest BCUT2D eigenvalue weighted by Crippen LogP contribution is -2.42. The number of carbonyl (C=O) groups excluding carboxylic acids is 1. The number of nitrogens with zero attached hydrogens (tertiary/aromatic N) is 2. The van der Waals surface area contributed by atoms with E-state index in [1.165, 1.54) is 24.1 Å². The number of carbonyl (C=O) groups is 1. The zero-order chi connectivity index (χ0) is 28.1. The van der Waals surface area contributed by atoms with Gasteiger partial charge < -0.3 is 24.8 Å². The quantitative estimate of drug-likeness (QED) is 0.484. The Labute approximate surface area is 234 Å². The van der Waals surface area contributed by atoms with Gasteiger partial charge in [-0.2, -0.15) is 0 Å². The Bertz CT molecular complexity index is 1190.